The molecule has 0 atom stereocenters. The Balaban J connectivity index is 1.49. The third-order valence-electron chi connectivity index (χ3n) is 4.49. The third kappa shape index (κ3) is 3.64. The summed E-state index contributed by atoms with van der Waals surface area (Å²) in [6, 6.07) is 7.61. The molecule has 6 nitrogen and oxygen atoms in total. The van der Waals surface area contributed by atoms with E-state index in [1.54, 1.807) is 4.90 Å². The minimum Gasteiger partial charge on any atom is -0.481 e. The molecule has 2 N–H and O–H groups in total. The first-order valence-corrected chi connectivity index (χ1v) is 8.42. The number of hydrogen-bond acceptors (Lipinski definition) is 2. The number of piperidine rings is 1. The Hall–Kier alpha value is -2.21. The number of aliphatic carboxylic acids is 1. The number of urea groups is 1. The van der Waals surface area contributed by atoms with Crippen molar-refractivity contribution in [3.63, 3.8) is 0 Å². The smallest absolute Gasteiger partial charge is 0.317 e. The maximum absolute atomic E-state index is 12.2. The maximum atomic E-state index is 12.2. The number of nitrogens with zero attached hydrogens (tertiary/aromatic N) is 2. The molecule has 24 heavy (non-hydrogen) atoms. The molecule has 0 spiro atoms. The Kier molecular flexibility index (Phi) is 4.94. The van der Waals surface area contributed by atoms with Crippen LogP contribution >= 0.6 is 11.6 Å². The van der Waals surface area contributed by atoms with Crippen LogP contribution in [0, 0.1) is 5.92 Å². The Bertz CT molecular complexity index is 751. The predicted molar refractivity (Wildman–Crippen MR) is 92.3 cm³/mol. The van der Waals surface area contributed by atoms with Gasteiger partial charge in [0.25, 0.3) is 0 Å². The highest BCUT2D eigenvalue weighted by molar-refractivity contribution is 6.31. The van der Waals surface area contributed by atoms with E-state index in [1.807, 2.05) is 30.5 Å². The molecule has 1 aliphatic rings. The molecule has 1 saturated heterocycles. The van der Waals surface area contributed by atoms with Crippen LogP contribution in [0.2, 0.25) is 5.02 Å². The van der Waals surface area contributed by atoms with Crippen molar-refractivity contribution in [3.05, 3.63) is 35.5 Å². The van der Waals surface area contributed by atoms with Gasteiger partial charge in [0.1, 0.15) is 0 Å². The number of carboxylic acid groups (broad SMARTS) is 1. The van der Waals surface area contributed by atoms with Crippen LogP contribution in [0.5, 0.6) is 0 Å². The highest BCUT2D eigenvalue weighted by Gasteiger charge is 2.26. The summed E-state index contributed by atoms with van der Waals surface area (Å²) < 4.78 is 2.07. The molecule has 0 bridgehead atoms. The highest BCUT2D eigenvalue weighted by Crippen LogP contribution is 2.20. The molecule has 1 fully saturated rings. The Morgan fingerprint density at radius 2 is 2.00 bits per heavy atom. The summed E-state index contributed by atoms with van der Waals surface area (Å²) in [5, 5.41) is 13.7. The topological polar surface area (TPSA) is 74.6 Å². The molecule has 0 aliphatic carbocycles. The van der Waals surface area contributed by atoms with E-state index in [9.17, 15) is 9.59 Å². The zero-order valence-electron chi connectivity index (χ0n) is 13.2. The summed E-state index contributed by atoms with van der Waals surface area (Å²) in [5.74, 6) is -1.10. The standard InChI is InChI=1S/C17H20ClN3O3/c18-14-1-2-15-13(11-14)5-7-20(15)10-6-19-17(24)21-8-3-12(4-9-21)16(22)23/h1-2,5,7,11-12H,3-4,6,8-10H2,(H,19,24)(H,22,23). The number of fused-ring (bicyclic) bond motifs is 1. The number of carbonyl (C=O) groups is 2. The average Bonchev–Trinajstić information content (AvgIpc) is 2.97. The van der Waals surface area contributed by atoms with E-state index < -0.39 is 5.97 Å². The van der Waals surface area contributed by atoms with Gasteiger partial charge in [-0.2, -0.15) is 0 Å². The summed E-state index contributed by atoms with van der Waals surface area (Å²) >= 11 is 5.98. The monoisotopic (exact) mass is 349 g/mol. The average molecular weight is 350 g/mol. The van der Waals surface area contributed by atoms with E-state index in [-0.39, 0.29) is 11.9 Å². The van der Waals surface area contributed by atoms with Gasteiger partial charge in [-0.25, -0.2) is 4.79 Å². The molecule has 0 unspecified atom stereocenters. The van der Waals surface area contributed by atoms with Gasteiger partial charge in [-0.15, -0.1) is 0 Å². The van der Waals surface area contributed by atoms with Crippen molar-refractivity contribution in [3.8, 4) is 0 Å². The lowest BCUT2D eigenvalue weighted by molar-refractivity contribution is -0.143. The van der Waals surface area contributed by atoms with Crippen LogP contribution in [-0.2, 0) is 11.3 Å². The van der Waals surface area contributed by atoms with Gasteiger partial charge in [-0.3, -0.25) is 4.79 Å². The summed E-state index contributed by atoms with van der Waals surface area (Å²) in [4.78, 5) is 24.8. The minimum atomic E-state index is -0.769. The van der Waals surface area contributed by atoms with E-state index in [0.717, 1.165) is 10.9 Å². The van der Waals surface area contributed by atoms with E-state index in [2.05, 4.69) is 9.88 Å². The molecule has 1 aromatic carbocycles. The Morgan fingerprint density at radius 3 is 2.71 bits per heavy atom. The molecule has 2 aromatic rings. The number of halogens is 1. The van der Waals surface area contributed by atoms with Crippen LogP contribution < -0.4 is 5.32 Å². The van der Waals surface area contributed by atoms with Crippen molar-refractivity contribution in [1.82, 2.24) is 14.8 Å². The second kappa shape index (κ2) is 7.13. The summed E-state index contributed by atoms with van der Waals surface area (Å²) in [6.07, 6.45) is 3.02. The molecular formula is C17H20ClN3O3. The normalized spacial score (nSPS) is 15.6. The van der Waals surface area contributed by atoms with Gasteiger partial charge in [-0.1, -0.05) is 11.6 Å². The van der Waals surface area contributed by atoms with Gasteiger partial charge >= 0.3 is 12.0 Å². The predicted octanol–water partition coefficient (Wildman–Crippen LogP) is 2.80. The molecule has 1 aliphatic heterocycles. The fourth-order valence-electron chi connectivity index (χ4n) is 3.09. The number of carboxylic acids is 1. The Labute approximate surface area is 145 Å². The first-order valence-electron chi connectivity index (χ1n) is 8.04. The second-order valence-electron chi connectivity index (χ2n) is 6.04. The fourth-order valence-corrected chi connectivity index (χ4v) is 3.27. The van der Waals surface area contributed by atoms with Crippen molar-refractivity contribution in [1.29, 1.82) is 0 Å². The van der Waals surface area contributed by atoms with Crippen molar-refractivity contribution in [2.24, 2.45) is 5.92 Å². The lowest BCUT2D eigenvalue weighted by Crippen LogP contribution is -2.46. The molecular weight excluding hydrogens is 330 g/mol. The second-order valence-corrected chi connectivity index (χ2v) is 6.48. The molecule has 1 aromatic heterocycles. The summed E-state index contributed by atoms with van der Waals surface area (Å²) in [7, 11) is 0. The number of benzene rings is 1. The number of amides is 2. The van der Waals surface area contributed by atoms with Gasteiger partial charge < -0.3 is 19.9 Å². The van der Waals surface area contributed by atoms with Gasteiger partial charge in [0.15, 0.2) is 0 Å². The zero-order chi connectivity index (χ0) is 17.1. The minimum absolute atomic E-state index is 0.127. The zero-order valence-corrected chi connectivity index (χ0v) is 14.0. The third-order valence-corrected chi connectivity index (χ3v) is 4.73. The largest absolute Gasteiger partial charge is 0.481 e. The first-order chi connectivity index (χ1) is 11.5. The molecule has 7 heteroatoms. The van der Waals surface area contributed by atoms with Gasteiger partial charge in [0.2, 0.25) is 0 Å². The van der Waals surface area contributed by atoms with Crippen LogP contribution in [-0.4, -0.2) is 46.2 Å². The van der Waals surface area contributed by atoms with Gasteiger partial charge in [-0.05, 0) is 37.1 Å². The van der Waals surface area contributed by atoms with E-state index in [0.29, 0.717) is 44.0 Å². The summed E-state index contributed by atoms with van der Waals surface area (Å²) in [5.41, 5.74) is 1.08. The lowest BCUT2D eigenvalue weighted by Gasteiger charge is -2.30. The first kappa shape index (κ1) is 16.6. The quantitative estimate of drug-likeness (QED) is 0.891. The molecule has 0 saturated carbocycles. The molecule has 0 radical (unpaired) electrons. The van der Waals surface area contributed by atoms with E-state index >= 15 is 0 Å². The van der Waals surface area contributed by atoms with Gasteiger partial charge in [0, 0.05) is 48.3 Å². The molecule has 2 amide bonds. The number of hydrogen-bond donors (Lipinski definition) is 2. The van der Waals surface area contributed by atoms with Crippen LogP contribution in [0.3, 0.4) is 0 Å². The number of nitrogens with one attached hydrogen (secondary N) is 1. The maximum Gasteiger partial charge on any atom is 0.317 e. The number of rotatable bonds is 4. The van der Waals surface area contributed by atoms with Crippen molar-refractivity contribution in [2.75, 3.05) is 19.6 Å². The summed E-state index contributed by atoms with van der Waals surface area (Å²) in [6.45, 7) is 2.17. The van der Waals surface area contributed by atoms with Crippen molar-refractivity contribution >= 4 is 34.5 Å². The number of aromatic nitrogens is 1. The number of carbonyl (C=O) groups excluding carboxylic acids is 1. The molecule has 128 valence electrons. The van der Waals surface area contributed by atoms with Crippen molar-refractivity contribution < 1.29 is 14.7 Å². The van der Waals surface area contributed by atoms with E-state index in [4.69, 9.17) is 16.7 Å². The molecule has 2 heterocycles. The van der Waals surface area contributed by atoms with Crippen LogP contribution in [0.15, 0.2) is 30.5 Å². The fraction of sp³-hybridized carbons (Fsp3) is 0.412. The van der Waals surface area contributed by atoms with Crippen LogP contribution in [0.4, 0.5) is 4.79 Å². The molecule has 3 rings (SSSR count). The van der Waals surface area contributed by atoms with E-state index in [1.165, 1.54) is 0 Å². The Morgan fingerprint density at radius 1 is 1.25 bits per heavy atom. The van der Waals surface area contributed by atoms with Gasteiger partial charge in [0.05, 0.1) is 5.92 Å². The number of likely N-dealkylation sites (tertiary alicyclic amines) is 1. The van der Waals surface area contributed by atoms with Crippen molar-refractivity contribution in [2.45, 2.75) is 19.4 Å². The van der Waals surface area contributed by atoms with Crippen LogP contribution in [0.1, 0.15) is 12.8 Å². The van der Waals surface area contributed by atoms with Crippen LogP contribution in [0.25, 0.3) is 10.9 Å². The lowest BCUT2D eigenvalue weighted by atomic mass is 9.97. The SMILES string of the molecule is O=C(O)C1CCN(C(=O)NCCn2ccc3cc(Cl)ccc32)CC1. The highest BCUT2D eigenvalue weighted by atomic mass is 35.5.